The molecule has 1 atom stereocenters. The number of benzene rings is 1. The topological polar surface area (TPSA) is 68.8 Å². The van der Waals surface area contributed by atoms with Gasteiger partial charge in [-0.05, 0) is 31.5 Å². The molecule has 21 heavy (non-hydrogen) atoms. The first kappa shape index (κ1) is 15.4. The number of ether oxygens (including phenoxy) is 3. The summed E-state index contributed by atoms with van der Waals surface area (Å²) in [5, 5.41) is 6.29. The van der Waals surface area contributed by atoms with Crippen molar-refractivity contribution in [3.8, 4) is 17.2 Å². The van der Waals surface area contributed by atoms with Crippen molar-refractivity contribution in [3.63, 3.8) is 0 Å². The lowest BCUT2D eigenvalue weighted by Crippen LogP contribution is -2.45. The van der Waals surface area contributed by atoms with Gasteiger partial charge in [0, 0.05) is 12.6 Å². The van der Waals surface area contributed by atoms with E-state index in [0.29, 0.717) is 22.8 Å². The summed E-state index contributed by atoms with van der Waals surface area (Å²) in [7, 11) is 4.58. The molecule has 1 amide bonds. The van der Waals surface area contributed by atoms with E-state index >= 15 is 0 Å². The molecule has 1 fully saturated rings. The van der Waals surface area contributed by atoms with Crippen LogP contribution < -0.4 is 24.8 Å². The summed E-state index contributed by atoms with van der Waals surface area (Å²) in [6, 6.07) is 3.53. The van der Waals surface area contributed by atoms with Crippen LogP contribution >= 0.6 is 0 Å². The number of carbonyl (C=O) groups is 1. The number of hydrogen-bond donors (Lipinski definition) is 2. The van der Waals surface area contributed by atoms with Gasteiger partial charge in [-0.1, -0.05) is 0 Å². The van der Waals surface area contributed by atoms with Crippen molar-refractivity contribution in [2.45, 2.75) is 18.9 Å². The number of hydrogen-bond acceptors (Lipinski definition) is 5. The summed E-state index contributed by atoms with van der Waals surface area (Å²) in [6.07, 6.45) is 2.04. The zero-order valence-corrected chi connectivity index (χ0v) is 12.7. The van der Waals surface area contributed by atoms with Crippen molar-refractivity contribution in [2.75, 3.05) is 34.4 Å². The number of amides is 1. The predicted octanol–water partition coefficient (Wildman–Crippen LogP) is 1.19. The third-order valence-electron chi connectivity index (χ3n) is 3.58. The standard InChI is InChI=1S/C15H22N2O4/c1-19-12-7-6-11(13(20-2)14(12)21-3)15(18)17-10-5-4-8-16-9-10/h6-7,10,16H,4-5,8-9H2,1-3H3,(H,17,18). The summed E-state index contributed by atoms with van der Waals surface area (Å²) in [5.41, 5.74) is 0.445. The Kier molecular flexibility index (Phi) is 5.27. The predicted molar refractivity (Wildman–Crippen MR) is 79.5 cm³/mol. The number of nitrogens with one attached hydrogen (secondary N) is 2. The molecule has 1 aliphatic rings. The molecule has 116 valence electrons. The summed E-state index contributed by atoms with van der Waals surface area (Å²) in [5.74, 6) is 1.18. The minimum absolute atomic E-state index is 0.143. The fourth-order valence-electron chi connectivity index (χ4n) is 2.52. The molecule has 0 radical (unpaired) electrons. The Morgan fingerprint density at radius 2 is 1.95 bits per heavy atom. The smallest absolute Gasteiger partial charge is 0.255 e. The fourth-order valence-corrected chi connectivity index (χ4v) is 2.52. The van der Waals surface area contributed by atoms with E-state index in [9.17, 15) is 4.79 Å². The average Bonchev–Trinajstić information content (AvgIpc) is 2.53. The summed E-state index contributed by atoms with van der Waals surface area (Å²) in [4.78, 5) is 12.4. The lowest BCUT2D eigenvalue weighted by Gasteiger charge is -2.24. The normalized spacial score (nSPS) is 18.0. The van der Waals surface area contributed by atoms with E-state index in [-0.39, 0.29) is 11.9 Å². The van der Waals surface area contributed by atoms with Gasteiger partial charge in [0.15, 0.2) is 11.5 Å². The van der Waals surface area contributed by atoms with E-state index in [2.05, 4.69) is 10.6 Å². The van der Waals surface area contributed by atoms with Gasteiger partial charge in [-0.15, -0.1) is 0 Å². The van der Waals surface area contributed by atoms with Gasteiger partial charge in [0.05, 0.1) is 26.9 Å². The van der Waals surface area contributed by atoms with E-state index in [4.69, 9.17) is 14.2 Å². The monoisotopic (exact) mass is 294 g/mol. The Balaban J connectivity index is 2.23. The first-order chi connectivity index (χ1) is 10.2. The number of carbonyl (C=O) groups excluding carboxylic acids is 1. The summed E-state index contributed by atoms with van der Waals surface area (Å²) in [6.45, 7) is 1.80. The molecule has 1 aromatic carbocycles. The fraction of sp³-hybridized carbons (Fsp3) is 0.533. The zero-order chi connectivity index (χ0) is 15.2. The van der Waals surface area contributed by atoms with Gasteiger partial charge in [0.2, 0.25) is 5.75 Å². The molecule has 0 saturated carbocycles. The molecule has 0 spiro atoms. The van der Waals surface area contributed by atoms with Crippen molar-refractivity contribution in [1.82, 2.24) is 10.6 Å². The first-order valence-electron chi connectivity index (χ1n) is 7.01. The summed E-state index contributed by atoms with van der Waals surface area (Å²) >= 11 is 0. The second-order valence-corrected chi connectivity index (χ2v) is 4.90. The Morgan fingerprint density at radius 3 is 2.52 bits per heavy atom. The molecule has 6 heteroatoms. The molecular formula is C15H22N2O4. The Morgan fingerprint density at radius 1 is 1.19 bits per heavy atom. The molecule has 6 nitrogen and oxygen atoms in total. The maximum absolute atomic E-state index is 12.4. The van der Waals surface area contributed by atoms with Crippen LogP contribution in [0, 0.1) is 0 Å². The Bertz CT molecular complexity index is 499. The molecule has 0 aliphatic carbocycles. The van der Waals surface area contributed by atoms with E-state index in [1.165, 1.54) is 14.2 Å². The van der Waals surface area contributed by atoms with Gasteiger partial charge in [-0.2, -0.15) is 0 Å². The minimum Gasteiger partial charge on any atom is -0.493 e. The van der Waals surface area contributed by atoms with Crippen LogP contribution in [0.4, 0.5) is 0 Å². The first-order valence-corrected chi connectivity index (χ1v) is 7.01. The number of methoxy groups -OCH3 is 3. The van der Waals surface area contributed by atoms with Gasteiger partial charge < -0.3 is 24.8 Å². The van der Waals surface area contributed by atoms with Gasteiger partial charge in [0.25, 0.3) is 5.91 Å². The molecule has 2 rings (SSSR count). The number of rotatable bonds is 5. The van der Waals surface area contributed by atoms with Crippen molar-refractivity contribution in [3.05, 3.63) is 17.7 Å². The van der Waals surface area contributed by atoms with Crippen molar-refractivity contribution in [1.29, 1.82) is 0 Å². The van der Waals surface area contributed by atoms with Crippen LogP contribution in [-0.4, -0.2) is 46.4 Å². The Hall–Kier alpha value is -1.95. The van der Waals surface area contributed by atoms with Crippen LogP contribution in [0.15, 0.2) is 12.1 Å². The molecule has 0 bridgehead atoms. The van der Waals surface area contributed by atoms with Crippen LogP contribution in [0.25, 0.3) is 0 Å². The molecule has 1 aromatic rings. The minimum atomic E-state index is -0.165. The molecule has 1 unspecified atom stereocenters. The maximum Gasteiger partial charge on any atom is 0.255 e. The van der Waals surface area contributed by atoms with E-state index in [1.54, 1.807) is 19.2 Å². The third-order valence-corrected chi connectivity index (χ3v) is 3.58. The molecule has 1 saturated heterocycles. The van der Waals surface area contributed by atoms with Gasteiger partial charge in [0.1, 0.15) is 0 Å². The highest BCUT2D eigenvalue weighted by molar-refractivity contribution is 5.98. The molecule has 1 heterocycles. The van der Waals surface area contributed by atoms with E-state index in [1.807, 2.05) is 0 Å². The molecule has 2 N–H and O–H groups in total. The SMILES string of the molecule is COc1ccc(C(=O)NC2CCCNC2)c(OC)c1OC. The highest BCUT2D eigenvalue weighted by Crippen LogP contribution is 2.39. The quantitative estimate of drug-likeness (QED) is 0.854. The van der Waals surface area contributed by atoms with Crippen LogP contribution in [-0.2, 0) is 0 Å². The summed E-state index contributed by atoms with van der Waals surface area (Å²) < 4.78 is 15.9. The largest absolute Gasteiger partial charge is 0.493 e. The molecule has 1 aliphatic heterocycles. The van der Waals surface area contributed by atoms with Crippen molar-refractivity contribution in [2.24, 2.45) is 0 Å². The zero-order valence-electron chi connectivity index (χ0n) is 12.7. The van der Waals surface area contributed by atoms with Gasteiger partial charge in [-0.25, -0.2) is 0 Å². The second kappa shape index (κ2) is 7.17. The maximum atomic E-state index is 12.4. The molecular weight excluding hydrogens is 272 g/mol. The van der Waals surface area contributed by atoms with E-state index in [0.717, 1.165) is 25.9 Å². The average molecular weight is 294 g/mol. The highest BCUT2D eigenvalue weighted by atomic mass is 16.5. The van der Waals surface area contributed by atoms with Gasteiger partial charge in [-0.3, -0.25) is 4.79 Å². The van der Waals surface area contributed by atoms with Crippen LogP contribution in [0.3, 0.4) is 0 Å². The van der Waals surface area contributed by atoms with Crippen molar-refractivity contribution < 1.29 is 19.0 Å². The van der Waals surface area contributed by atoms with Crippen LogP contribution in [0.5, 0.6) is 17.2 Å². The lowest BCUT2D eigenvalue weighted by atomic mass is 10.1. The van der Waals surface area contributed by atoms with E-state index < -0.39 is 0 Å². The molecule has 0 aromatic heterocycles. The van der Waals surface area contributed by atoms with Crippen molar-refractivity contribution >= 4 is 5.91 Å². The highest BCUT2D eigenvalue weighted by Gasteiger charge is 2.23. The Labute approximate surface area is 124 Å². The van der Waals surface area contributed by atoms with Crippen LogP contribution in [0.2, 0.25) is 0 Å². The number of piperidine rings is 1. The lowest BCUT2D eigenvalue weighted by molar-refractivity contribution is 0.0927. The third kappa shape index (κ3) is 3.39. The second-order valence-electron chi connectivity index (χ2n) is 4.90. The van der Waals surface area contributed by atoms with Gasteiger partial charge >= 0.3 is 0 Å². The van der Waals surface area contributed by atoms with Crippen LogP contribution in [0.1, 0.15) is 23.2 Å².